The fraction of sp³-hybridized carbons (Fsp3) is 0.500. The molecule has 118 valence electrons. The lowest BCUT2D eigenvalue weighted by atomic mass is 10.2. The summed E-state index contributed by atoms with van der Waals surface area (Å²) in [5.74, 6) is -2.24. The van der Waals surface area contributed by atoms with Crippen LogP contribution in [0.3, 0.4) is 0 Å². The third-order valence-electron chi connectivity index (χ3n) is 2.90. The molecule has 7 nitrogen and oxygen atoms in total. The summed E-state index contributed by atoms with van der Waals surface area (Å²) in [5, 5.41) is 10.4. The van der Waals surface area contributed by atoms with Gasteiger partial charge >= 0.3 is 5.97 Å². The molecule has 0 aromatic carbocycles. The van der Waals surface area contributed by atoms with E-state index in [-0.39, 0.29) is 16.3 Å². The summed E-state index contributed by atoms with van der Waals surface area (Å²) in [4.78, 5) is 24.4. The normalized spacial score (nSPS) is 13.2. The van der Waals surface area contributed by atoms with Gasteiger partial charge in [0.1, 0.15) is 9.77 Å². The minimum Gasteiger partial charge on any atom is -0.481 e. The quantitative estimate of drug-likeness (QED) is 0.830. The highest BCUT2D eigenvalue weighted by molar-refractivity contribution is 7.89. The highest BCUT2D eigenvalue weighted by Crippen LogP contribution is 2.25. The second-order valence-corrected chi connectivity index (χ2v) is 7.86. The zero-order chi connectivity index (χ0) is 16.4. The molecular formula is C12H18N2O5S2. The third-order valence-corrected chi connectivity index (χ3v) is 5.79. The Hall–Kier alpha value is -1.45. The summed E-state index contributed by atoms with van der Waals surface area (Å²) in [6, 6.07) is 1.38. The van der Waals surface area contributed by atoms with Crippen molar-refractivity contribution in [3.05, 3.63) is 16.3 Å². The Kier molecular flexibility index (Phi) is 5.48. The number of carboxylic acids is 1. The third kappa shape index (κ3) is 3.80. The van der Waals surface area contributed by atoms with Crippen LogP contribution in [0.15, 0.2) is 16.3 Å². The van der Waals surface area contributed by atoms with Gasteiger partial charge in [0.05, 0.1) is 5.92 Å². The molecule has 0 fully saturated rings. The first-order valence-corrected chi connectivity index (χ1v) is 8.39. The molecule has 1 aromatic heterocycles. The first kappa shape index (κ1) is 17.6. The SMILES string of the molecule is CC(CN(C)C(=O)c1sccc1S(=O)(=O)N(C)C)C(=O)O. The number of hydrogen-bond donors (Lipinski definition) is 1. The summed E-state index contributed by atoms with van der Waals surface area (Å²) in [7, 11) is 0.517. The average molecular weight is 334 g/mol. The summed E-state index contributed by atoms with van der Waals surface area (Å²) >= 11 is 1.02. The number of sulfonamides is 1. The second kappa shape index (κ2) is 6.54. The summed E-state index contributed by atoms with van der Waals surface area (Å²) in [6.45, 7) is 1.49. The molecular weight excluding hydrogens is 316 g/mol. The number of amides is 1. The molecule has 1 N–H and O–H groups in total. The maximum atomic E-state index is 12.3. The van der Waals surface area contributed by atoms with Gasteiger partial charge < -0.3 is 10.0 Å². The van der Waals surface area contributed by atoms with Gasteiger partial charge in [0.25, 0.3) is 5.91 Å². The van der Waals surface area contributed by atoms with Crippen molar-refractivity contribution < 1.29 is 23.1 Å². The van der Waals surface area contributed by atoms with E-state index in [1.54, 1.807) is 0 Å². The molecule has 1 amide bonds. The van der Waals surface area contributed by atoms with Gasteiger partial charge in [-0.2, -0.15) is 0 Å². The molecule has 0 aliphatic rings. The van der Waals surface area contributed by atoms with Crippen molar-refractivity contribution in [3.8, 4) is 0 Å². The van der Waals surface area contributed by atoms with Gasteiger partial charge in [-0.3, -0.25) is 9.59 Å². The molecule has 9 heteroatoms. The van der Waals surface area contributed by atoms with Crippen molar-refractivity contribution >= 4 is 33.2 Å². The molecule has 1 rings (SSSR count). The van der Waals surface area contributed by atoms with Crippen LogP contribution in [0.1, 0.15) is 16.6 Å². The van der Waals surface area contributed by atoms with Crippen molar-refractivity contribution in [2.45, 2.75) is 11.8 Å². The van der Waals surface area contributed by atoms with Crippen molar-refractivity contribution in [1.82, 2.24) is 9.21 Å². The molecule has 0 spiro atoms. The molecule has 0 aliphatic carbocycles. The Bertz CT molecular complexity index is 636. The van der Waals surface area contributed by atoms with Crippen LogP contribution in [0.2, 0.25) is 0 Å². The lowest BCUT2D eigenvalue weighted by Gasteiger charge is -2.20. The number of carbonyl (C=O) groups excluding carboxylic acids is 1. The lowest BCUT2D eigenvalue weighted by molar-refractivity contribution is -0.141. The number of nitrogens with zero attached hydrogens (tertiary/aromatic N) is 2. The van der Waals surface area contributed by atoms with E-state index in [2.05, 4.69) is 0 Å². The minimum absolute atomic E-state index is 0.00746. The first-order chi connectivity index (χ1) is 9.59. The Morgan fingerprint density at radius 3 is 2.38 bits per heavy atom. The molecule has 0 saturated carbocycles. The molecule has 0 saturated heterocycles. The highest BCUT2D eigenvalue weighted by atomic mass is 32.2. The smallest absolute Gasteiger partial charge is 0.308 e. The topological polar surface area (TPSA) is 95.0 Å². The van der Waals surface area contributed by atoms with Crippen LogP contribution in [0, 0.1) is 5.92 Å². The maximum absolute atomic E-state index is 12.3. The first-order valence-electron chi connectivity index (χ1n) is 6.07. The van der Waals surface area contributed by atoms with E-state index < -0.39 is 27.8 Å². The number of aliphatic carboxylic acids is 1. The van der Waals surface area contributed by atoms with Gasteiger partial charge in [0.2, 0.25) is 10.0 Å². The summed E-state index contributed by atoms with van der Waals surface area (Å²) in [5.41, 5.74) is 0. The molecule has 1 heterocycles. The van der Waals surface area contributed by atoms with Crippen LogP contribution in [0.25, 0.3) is 0 Å². The zero-order valence-electron chi connectivity index (χ0n) is 12.2. The van der Waals surface area contributed by atoms with Crippen molar-refractivity contribution in [1.29, 1.82) is 0 Å². The van der Waals surface area contributed by atoms with Crippen LogP contribution < -0.4 is 0 Å². The van der Waals surface area contributed by atoms with E-state index in [9.17, 15) is 18.0 Å². The molecule has 0 radical (unpaired) electrons. The number of carboxylic acid groups (broad SMARTS) is 1. The van der Waals surface area contributed by atoms with Gasteiger partial charge in [0.15, 0.2) is 0 Å². The Morgan fingerprint density at radius 2 is 1.90 bits per heavy atom. The van der Waals surface area contributed by atoms with Crippen LogP contribution >= 0.6 is 11.3 Å². The summed E-state index contributed by atoms with van der Waals surface area (Å²) in [6.07, 6.45) is 0. The monoisotopic (exact) mass is 334 g/mol. The Balaban J connectivity index is 3.06. The molecule has 1 unspecified atom stereocenters. The van der Waals surface area contributed by atoms with Gasteiger partial charge in [-0.1, -0.05) is 6.92 Å². The fourth-order valence-electron chi connectivity index (χ4n) is 1.60. The van der Waals surface area contributed by atoms with Crippen LogP contribution in [0.4, 0.5) is 0 Å². The predicted molar refractivity (Wildman–Crippen MR) is 79.0 cm³/mol. The molecule has 1 atom stereocenters. The Morgan fingerprint density at radius 1 is 1.33 bits per heavy atom. The van der Waals surface area contributed by atoms with Gasteiger partial charge in [-0.05, 0) is 11.4 Å². The van der Waals surface area contributed by atoms with E-state index in [0.717, 1.165) is 15.6 Å². The van der Waals surface area contributed by atoms with E-state index in [4.69, 9.17) is 5.11 Å². The Labute approximate surface area is 127 Å². The molecule has 21 heavy (non-hydrogen) atoms. The zero-order valence-corrected chi connectivity index (χ0v) is 13.9. The highest BCUT2D eigenvalue weighted by Gasteiger charge is 2.28. The van der Waals surface area contributed by atoms with Crippen molar-refractivity contribution in [3.63, 3.8) is 0 Å². The maximum Gasteiger partial charge on any atom is 0.308 e. The minimum atomic E-state index is -3.71. The van der Waals surface area contributed by atoms with Crippen molar-refractivity contribution in [2.24, 2.45) is 5.92 Å². The van der Waals surface area contributed by atoms with E-state index in [1.807, 2.05) is 0 Å². The number of hydrogen-bond acceptors (Lipinski definition) is 5. The molecule has 0 bridgehead atoms. The van der Waals surface area contributed by atoms with Gasteiger partial charge in [-0.25, -0.2) is 12.7 Å². The lowest BCUT2D eigenvalue weighted by Crippen LogP contribution is -2.34. The van der Waals surface area contributed by atoms with E-state index >= 15 is 0 Å². The van der Waals surface area contributed by atoms with Crippen molar-refractivity contribution in [2.75, 3.05) is 27.7 Å². The predicted octanol–water partition coefficient (Wildman–Crippen LogP) is 0.791. The molecule has 1 aromatic rings. The summed E-state index contributed by atoms with van der Waals surface area (Å²) < 4.78 is 25.3. The van der Waals surface area contributed by atoms with Crippen LogP contribution in [-0.4, -0.2) is 62.3 Å². The van der Waals surface area contributed by atoms with Crippen LogP contribution in [-0.2, 0) is 14.8 Å². The average Bonchev–Trinajstić information content (AvgIpc) is 2.86. The van der Waals surface area contributed by atoms with E-state index in [0.29, 0.717) is 0 Å². The largest absolute Gasteiger partial charge is 0.481 e. The fourth-order valence-corrected chi connectivity index (χ4v) is 3.88. The van der Waals surface area contributed by atoms with Gasteiger partial charge in [-0.15, -0.1) is 11.3 Å². The number of thiophene rings is 1. The second-order valence-electron chi connectivity index (χ2n) is 4.83. The van der Waals surface area contributed by atoms with E-state index in [1.165, 1.54) is 44.4 Å². The van der Waals surface area contributed by atoms with Gasteiger partial charge in [0, 0.05) is 27.7 Å². The standard InChI is InChI=1S/C12H18N2O5S2/c1-8(12(16)17)7-14(4)11(15)10-9(5-6-20-10)21(18,19)13(2)3/h5-6,8H,7H2,1-4H3,(H,16,17). The molecule has 0 aliphatic heterocycles. The number of rotatable bonds is 6. The number of carbonyl (C=O) groups is 2. The van der Waals surface area contributed by atoms with Crippen LogP contribution in [0.5, 0.6) is 0 Å².